The van der Waals surface area contributed by atoms with Gasteiger partial charge in [-0.3, -0.25) is 0 Å². The molecule has 5 heteroatoms. The van der Waals surface area contributed by atoms with E-state index >= 15 is 0 Å². The topological polar surface area (TPSA) is 71.0 Å². The van der Waals surface area contributed by atoms with Crippen molar-refractivity contribution < 1.29 is 19.7 Å². The lowest BCUT2D eigenvalue weighted by molar-refractivity contribution is 0.354. The highest BCUT2D eigenvalue weighted by Gasteiger charge is 2.11. The molecule has 22 heavy (non-hydrogen) atoms. The normalized spacial score (nSPS) is 12.0. The summed E-state index contributed by atoms with van der Waals surface area (Å²) in [6, 6.07) is 10.3. The van der Waals surface area contributed by atoms with Crippen LogP contribution in [0.4, 0.5) is 0 Å². The average Bonchev–Trinajstić information content (AvgIpc) is 2.54. The highest BCUT2D eigenvalue weighted by Crippen LogP contribution is 2.30. The zero-order chi connectivity index (χ0) is 16.1. The summed E-state index contributed by atoms with van der Waals surface area (Å²) in [5.41, 5.74) is 1.68. The molecule has 3 N–H and O–H groups in total. The van der Waals surface area contributed by atoms with Crippen LogP contribution in [0.1, 0.15) is 24.1 Å². The monoisotopic (exact) mass is 303 g/mol. The highest BCUT2D eigenvalue weighted by atomic mass is 16.5. The fourth-order valence-electron chi connectivity index (χ4n) is 2.22. The number of rotatable bonds is 6. The van der Waals surface area contributed by atoms with Crippen LogP contribution < -0.4 is 14.8 Å². The number of phenols is 2. The summed E-state index contributed by atoms with van der Waals surface area (Å²) in [5, 5.41) is 22.6. The lowest BCUT2D eigenvalue weighted by Gasteiger charge is -2.17. The van der Waals surface area contributed by atoms with Crippen molar-refractivity contribution in [3.8, 4) is 23.0 Å². The Morgan fingerprint density at radius 3 is 2.41 bits per heavy atom. The number of phenolic OH excluding ortho intramolecular Hbond substituents is 2. The molecule has 118 valence electrons. The van der Waals surface area contributed by atoms with E-state index in [-0.39, 0.29) is 17.5 Å². The van der Waals surface area contributed by atoms with Crippen molar-refractivity contribution in [2.24, 2.45) is 0 Å². The largest absolute Gasteiger partial charge is 0.508 e. The minimum atomic E-state index is 0.0431. The maximum Gasteiger partial charge on any atom is 0.161 e. The number of benzene rings is 2. The summed E-state index contributed by atoms with van der Waals surface area (Å²) in [6.07, 6.45) is 0. The quantitative estimate of drug-likeness (QED) is 0.716. The van der Waals surface area contributed by atoms with Gasteiger partial charge in [-0.15, -0.1) is 0 Å². The van der Waals surface area contributed by atoms with E-state index in [1.54, 1.807) is 20.3 Å². The van der Waals surface area contributed by atoms with Crippen LogP contribution in [0.25, 0.3) is 0 Å². The van der Waals surface area contributed by atoms with Crippen molar-refractivity contribution in [2.75, 3.05) is 14.2 Å². The predicted octanol–water partition coefficient (Wildman–Crippen LogP) is 2.97. The molecule has 0 aliphatic carbocycles. The molecule has 0 spiro atoms. The maximum atomic E-state index is 9.78. The van der Waals surface area contributed by atoms with E-state index in [1.807, 2.05) is 25.1 Å². The molecule has 0 aliphatic rings. The minimum absolute atomic E-state index is 0.0431. The number of hydrogen-bond acceptors (Lipinski definition) is 5. The Hall–Kier alpha value is -2.40. The second kappa shape index (κ2) is 7.04. The number of aromatic hydroxyl groups is 2. The molecule has 0 fully saturated rings. The van der Waals surface area contributed by atoms with Crippen LogP contribution in [-0.4, -0.2) is 24.4 Å². The molecular weight excluding hydrogens is 282 g/mol. The fourth-order valence-corrected chi connectivity index (χ4v) is 2.22. The molecule has 0 aliphatic heterocycles. The van der Waals surface area contributed by atoms with Crippen LogP contribution >= 0.6 is 0 Å². The highest BCUT2D eigenvalue weighted by molar-refractivity contribution is 5.44. The third-order valence-electron chi connectivity index (χ3n) is 3.57. The van der Waals surface area contributed by atoms with Gasteiger partial charge in [-0.25, -0.2) is 0 Å². The van der Waals surface area contributed by atoms with Gasteiger partial charge in [0.05, 0.1) is 14.2 Å². The van der Waals surface area contributed by atoms with Gasteiger partial charge in [-0.05, 0) is 42.8 Å². The molecule has 0 bridgehead atoms. The van der Waals surface area contributed by atoms with Crippen LogP contribution in [0.5, 0.6) is 23.0 Å². The zero-order valence-electron chi connectivity index (χ0n) is 13.0. The smallest absolute Gasteiger partial charge is 0.161 e. The Balaban J connectivity index is 2.09. The Morgan fingerprint density at radius 2 is 1.73 bits per heavy atom. The van der Waals surface area contributed by atoms with Crippen LogP contribution in [0.3, 0.4) is 0 Å². The van der Waals surface area contributed by atoms with Gasteiger partial charge >= 0.3 is 0 Å². The Morgan fingerprint density at radius 1 is 1.00 bits per heavy atom. The van der Waals surface area contributed by atoms with Gasteiger partial charge in [0.15, 0.2) is 11.5 Å². The Kier molecular flexibility index (Phi) is 5.12. The molecule has 0 aromatic heterocycles. The van der Waals surface area contributed by atoms with E-state index in [0.717, 1.165) is 5.56 Å². The molecule has 2 rings (SSSR count). The molecule has 2 aromatic rings. The SMILES string of the molecule is COc1ccc(C(C)NCc2cc(O)ccc2O)cc1OC. The maximum absolute atomic E-state index is 9.78. The first-order valence-corrected chi connectivity index (χ1v) is 7.01. The van der Waals surface area contributed by atoms with E-state index < -0.39 is 0 Å². The zero-order valence-corrected chi connectivity index (χ0v) is 13.0. The van der Waals surface area contributed by atoms with Gasteiger partial charge < -0.3 is 25.0 Å². The first-order valence-electron chi connectivity index (χ1n) is 7.01. The number of hydrogen-bond donors (Lipinski definition) is 3. The molecule has 1 unspecified atom stereocenters. The van der Waals surface area contributed by atoms with E-state index in [2.05, 4.69) is 5.32 Å². The van der Waals surface area contributed by atoms with Gasteiger partial charge in [-0.2, -0.15) is 0 Å². The van der Waals surface area contributed by atoms with E-state index in [1.165, 1.54) is 12.1 Å². The molecule has 0 saturated carbocycles. The fraction of sp³-hybridized carbons (Fsp3) is 0.294. The number of ether oxygens (including phenoxy) is 2. The third-order valence-corrected chi connectivity index (χ3v) is 3.57. The van der Waals surface area contributed by atoms with Crippen molar-refractivity contribution in [2.45, 2.75) is 19.5 Å². The van der Waals surface area contributed by atoms with E-state index in [0.29, 0.717) is 23.6 Å². The van der Waals surface area contributed by atoms with Crippen molar-refractivity contribution in [1.29, 1.82) is 0 Å². The van der Waals surface area contributed by atoms with Gasteiger partial charge in [0.1, 0.15) is 11.5 Å². The summed E-state index contributed by atoms with van der Waals surface area (Å²) in [4.78, 5) is 0. The molecule has 0 amide bonds. The van der Waals surface area contributed by atoms with Crippen molar-refractivity contribution in [3.63, 3.8) is 0 Å². The average molecular weight is 303 g/mol. The lowest BCUT2D eigenvalue weighted by Crippen LogP contribution is -2.18. The van der Waals surface area contributed by atoms with E-state index in [9.17, 15) is 10.2 Å². The van der Waals surface area contributed by atoms with Gasteiger partial charge in [0.2, 0.25) is 0 Å². The predicted molar refractivity (Wildman–Crippen MR) is 84.6 cm³/mol. The summed E-state index contributed by atoms with van der Waals surface area (Å²) in [5.74, 6) is 1.65. The molecule has 0 saturated heterocycles. The van der Waals surface area contributed by atoms with Crippen LogP contribution in [0.2, 0.25) is 0 Å². The Labute approximate surface area is 130 Å². The van der Waals surface area contributed by atoms with Crippen molar-refractivity contribution in [3.05, 3.63) is 47.5 Å². The van der Waals surface area contributed by atoms with E-state index in [4.69, 9.17) is 9.47 Å². The molecule has 0 radical (unpaired) electrons. The van der Waals surface area contributed by atoms with Gasteiger partial charge in [0, 0.05) is 18.2 Å². The molecule has 2 aromatic carbocycles. The number of methoxy groups -OCH3 is 2. The molecular formula is C17H21NO4. The van der Waals surface area contributed by atoms with Crippen molar-refractivity contribution in [1.82, 2.24) is 5.32 Å². The standard InChI is InChI=1S/C17H21NO4/c1-11(12-4-7-16(21-2)17(9-12)22-3)18-10-13-8-14(19)5-6-15(13)20/h4-9,11,18-20H,10H2,1-3H3. The van der Waals surface area contributed by atoms with Crippen LogP contribution in [-0.2, 0) is 6.54 Å². The second-order valence-electron chi connectivity index (χ2n) is 5.03. The summed E-state index contributed by atoms with van der Waals surface area (Å²) in [6.45, 7) is 2.46. The van der Waals surface area contributed by atoms with Gasteiger partial charge in [-0.1, -0.05) is 6.07 Å². The summed E-state index contributed by atoms with van der Waals surface area (Å²) >= 11 is 0. The van der Waals surface area contributed by atoms with Crippen LogP contribution in [0, 0.1) is 0 Å². The molecule has 1 atom stereocenters. The Bertz CT molecular complexity index is 643. The summed E-state index contributed by atoms with van der Waals surface area (Å²) in [7, 11) is 3.20. The third kappa shape index (κ3) is 3.62. The second-order valence-corrected chi connectivity index (χ2v) is 5.03. The summed E-state index contributed by atoms with van der Waals surface area (Å²) < 4.78 is 10.5. The van der Waals surface area contributed by atoms with Crippen LogP contribution in [0.15, 0.2) is 36.4 Å². The first kappa shape index (κ1) is 16.0. The molecule has 5 nitrogen and oxygen atoms in total. The first-order chi connectivity index (χ1) is 10.5. The van der Waals surface area contributed by atoms with Crippen molar-refractivity contribution >= 4 is 0 Å². The number of nitrogens with one attached hydrogen (secondary N) is 1. The van der Waals surface area contributed by atoms with Gasteiger partial charge in [0.25, 0.3) is 0 Å². The molecule has 0 heterocycles. The lowest BCUT2D eigenvalue weighted by atomic mass is 10.1. The minimum Gasteiger partial charge on any atom is -0.508 e.